The van der Waals surface area contributed by atoms with Crippen molar-refractivity contribution in [1.82, 2.24) is 4.98 Å². The number of fused-ring (bicyclic) bond motifs is 1. The van der Waals surface area contributed by atoms with Gasteiger partial charge in [-0.25, -0.2) is 0 Å². The first-order valence-electron chi connectivity index (χ1n) is 11.0. The lowest BCUT2D eigenvalue weighted by molar-refractivity contribution is 0.102. The van der Waals surface area contributed by atoms with Crippen LogP contribution in [0.2, 0.25) is 0 Å². The predicted octanol–water partition coefficient (Wildman–Crippen LogP) is 7.33. The van der Waals surface area contributed by atoms with Crippen molar-refractivity contribution in [1.29, 1.82) is 0 Å². The van der Waals surface area contributed by atoms with Gasteiger partial charge >= 0.3 is 0 Å². The molecule has 0 saturated heterocycles. The molecule has 0 fully saturated rings. The fraction of sp³-hybridized carbons (Fsp3) is 0.0345. The summed E-state index contributed by atoms with van der Waals surface area (Å²) in [5.74, 6) is 1.30. The summed E-state index contributed by atoms with van der Waals surface area (Å²) in [6.07, 6.45) is 1.79. The van der Waals surface area contributed by atoms with E-state index in [0.29, 0.717) is 17.0 Å². The lowest BCUT2D eigenvalue weighted by Crippen LogP contribution is -2.11. The highest BCUT2D eigenvalue weighted by Crippen LogP contribution is 2.28. The monoisotopic (exact) mass is 445 g/mol. The lowest BCUT2D eigenvalue weighted by Gasteiger charge is -2.12. The Morgan fingerprint density at radius 2 is 1.44 bits per heavy atom. The van der Waals surface area contributed by atoms with Crippen LogP contribution in [0.4, 0.5) is 17.1 Å². The van der Waals surface area contributed by atoms with Crippen molar-refractivity contribution in [3.63, 3.8) is 0 Å². The third kappa shape index (κ3) is 4.74. The average molecular weight is 446 g/mol. The average Bonchev–Trinajstić information content (AvgIpc) is 2.86. The number of amides is 1. The first-order chi connectivity index (χ1) is 16.7. The number of aryl methyl sites for hydroxylation is 1. The summed E-state index contributed by atoms with van der Waals surface area (Å²) in [6, 6.07) is 32.3. The summed E-state index contributed by atoms with van der Waals surface area (Å²) in [5.41, 5.74) is 5.26. The van der Waals surface area contributed by atoms with Gasteiger partial charge < -0.3 is 15.4 Å². The molecule has 1 heterocycles. The molecule has 0 aliphatic carbocycles. The Kier molecular flexibility index (Phi) is 5.91. The van der Waals surface area contributed by atoms with Gasteiger partial charge in [0.25, 0.3) is 5.91 Å². The number of rotatable bonds is 6. The zero-order valence-corrected chi connectivity index (χ0v) is 18.7. The van der Waals surface area contributed by atoms with Crippen molar-refractivity contribution >= 4 is 33.9 Å². The van der Waals surface area contributed by atoms with E-state index in [-0.39, 0.29) is 5.91 Å². The Labute approximate surface area is 198 Å². The molecule has 0 saturated carbocycles. The van der Waals surface area contributed by atoms with Gasteiger partial charge in [-0.2, -0.15) is 0 Å². The first kappa shape index (κ1) is 21.2. The maximum atomic E-state index is 12.7. The summed E-state index contributed by atoms with van der Waals surface area (Å²) in [5, 5.41) is 7.46. The lowest BCUT2D eigenvalue weighted by atomic mass is 10.1. The van der Waals surface area contributed by atoms with Crippen LogP contribution >= 0.6 is 0 Å². The number of hydrogen-bond donors (Lipinski definition) is 2. The molecule has 34 heavy (non-hydrogen) atoms. The number of para-hydroxylation sites is 1. The van der Waals surface area contributed by atoms with Gasteiger partial charge in [-0.3, -0.25) is 9.78 Å². The van der Waals surface area contributed by atoms with Gasteiger partial charge in [0.15, 0.2) is 0 Å². The maximum Gasteiger partial charge on any atom is 0.255 e. The Hall–Kier alpha value is -4.64. The van der Waals surface area contributed by atoms with Gasteiger partial charge in [-0.05, 0) is 85.3 Å². The number of pyridine rings is 1. The van der Waals surface area contributed by atoms with Crippen molar-refractivity contribution < 1.29 is 9.53 Å². The van der Waals surface area contributed by atoms with Gasteiger partial charge in [0.05, 0.1) is 5.52 Å². The van der Waals surface area contributed by atoms with Crippen LogP contribution in [-0.2, 0) is 0 Å². The molecule has 5 heteroatoms. The Morgan fingerprint density at radius 3 is 2.21 bits per heavy atom. The Bertz CT molecular complexity index is 1430. The second-order valence-corrected chi connectivity index (χ2v) is 7.92. The number of benzene rings is 4. The molecular weight excluding hydrogens is 422 g/mol. The zero-order chi connectivity index (χ0) is 23.3. The molecule has 1 amide bonds. The fourth-order valence-corrected chi connectivity index (χ4v) is 3.78. The van der Waals surface area contributed by atoms with Crippen molar-refractivity contribution in [3.05, 3.63) is 120 Å². The highest BCUT2D eigenvalue weighted by molar-refractivity contribution is 6.04. The molecule has 0 atom stereocenters. The van der Waals surface area contributed by atoms with E-state index in [1.165, 1.54) is 0 Å². The molecule has 2 N–H and O–H groups in total. The third-order valence-corrected chi connectivity index (χ3v) is 5.49. The molecule has 0 bridgehead atoms. The molecule has 0 radical (unpaired) electrons. The number of ether oxygens (including phenoxy) is 1. The highest BCUT2D eigenvalue weighted by atomic mass is 16.5. The fourth-order valence-electron chi connectivity index (χ4n) is 3.78. The van der Waals surface area contributed by atoms with E-state index < -0.39 is 0 Å². The Morgan fingerprint density at radius 1 is 0.735 bits per heavy atom. The second-order valence-electron chi connectivity index (χ2n) is 7.92. The normalized spacial score (nSPS) is 10.6. The molecule has 0 aliphatic heterocycles. The molecular formula is C29H23N3O2. The predicted molar refractivity (Wildman–Crippen MR) is 137 cm³/mol. The number of hydrogen-bond acceptors (Lipinski definition) is 4. The first-order valence-corrected chi connectivity index (χ1v) is 11.0. The van der Waals surface area contributed by atoms with Crippen molar-refractivity contribution in [2.24, 2.45) is 0 Å². The molecule has 166 valence electrons. The Balaban J connectivity index is 1.25. The molecule has 0 unspecified atom stereocenters. The molecule has 0 aliphatic rings. The van der Waals surface area contributed by atoms with Gasteiger partial charge in [0, 0.05) is 34.2 Å². The number of aromatic nitrogens is 1. The van der Waals surface area contributed by atoms with Crippen LogP contribution in [0.1, 0.15) is 15.9 Å². The van der Waals surface area contributed by atoms with Crippen molar-refractivity contribution in [2.45, 2.75) is 6.92 Å². The molecule has 5 rings (SSSR count). The molecule has 0 spiro atoms. The second kappa shape index (κ2) is 9.46. The quantitative estimate of drug-likeness (QED) is 0.287. The van der Waals surface area contributed by atoms with Gasteiger partial charge in [0.1, 0.15) is 11.5 Å². The van der Waals surface area contributed by atoms with Gasteiger partial charge in [-0.1, -0.05) is 30.3 Å². The molecule has 5 nitrogen and oxygen atoms in total. The van der Waals surface area contributed by atoms with Crippen molar-refractivity contribution in [3.8, 4) is 11.5 Å². The summed E-state index contributed by atoms with van der Waals surface area (Å²) in [4.78, 5) is 17.2. The van der Waals surface area contributed by atoms with Crippen LogP contribution in [0.5, 0.6) is 11.5 Å². The van der Waals surface area contributed by atoms with Crippen LogP contribution in [0.15, 0.2) is 109 Å². The van der Waals surface area contributed by atoms with Crippen LogP contribution < -0.4 is 15.4 Å². The maximum absolute atomic E-state index is 12.7. The summed E-state index contributed by atoms with van der Waals surface area (Å²) in [7, 11) is 0. The molecule has 5 aromatic rings. The molecule has 1 aromatic heterocycles. The van der Waals surface area contributed by atoms with Gasteiger partial charge in [0.2, 0.25) is 0 Å². The van der Waals surface area contributed by atoms with Crippen LogP contribution in [0.3, 0.4) is 0 Å². The topological polar surface area (TPSA) is 63.2 Å². The largest absolute Gasteiger partial charge is 0.457 e. The van der Waals surface area contributed by atoms with Crippen molar-refractivity contribution in [2.75, 3.05) is 10.6 Å². The summed E-state index contributed by atoms with van der Waals surface area (Å²) < 4.78 is 5.80. The minimum absolute atomic E-state index is 0.173. The van der Waals surface area contributed by atoms with E-state index in [4.69, 9.17) is 4.74 Å². The molecule has 4 aromatic carbocycles. The summed E-state index contributed by atoms with van der Waals surface area (Å²) >= 11 is 0. The zero-order valence-electron chi connectivity index (χ0n) is 18.7. The summed E-state index contributed by atoms with van der Waals surface area (Å²) in [6.45, 7) is 2.07. The number of nitrogens with zero attached hydrogens (tertiary/aromatic N) is 1. The number of carbonyl (C=O) groups excluding carboxylic acids is 1. The highest BCUT2D eigenvalue weighted by Gasteiger charge is 2.08. The smallest absolute Gasteiger partial charge is 0.255 e. The van der Waals surface area contributed by atoms with E-state index in [9.17, 15) is 4.79 Å². The number of nitrogens with one attached hydrogen (secondary N) is 2. The SMILES string of the molecule is Cc1cccc2nccc(Nc3ccc(C(=O)Nc4ccc(Oc5ccccc5)cc4)cc3)c12. The van der Waals surface area contributed by atoms with E-state index in [1.807, 2.05) is 84.9 Å². The van der Waals surface area contributed by atoms with E-state index >= 15 is 0 Å². The minimum atomic E-state index is -0.173. The standard InChI is InChI=1S/C29H23N3O2/c1-20-6-5-9-26-28(20)27(18-19-30-26)31-22-12-10-21(11-13-22)29(33)32-23-14-16-25(17-15-23)34-24-7-3-2-4-8-24/h2-19H,1H3,(H,30,31)(H,32,33). The van der Waals surface area contributed by atoms with Crippen LogP contribution in [0.25, 0.3) is 10.9 Å². The van der Waals surface area contributed by atoms with E-state index in [1.54, 1.807) is 18.3 Å². The minimum Gasteiger partial charge on any atom is -0.457 e. The third-order valence-electron chi connectivity index (χ3n) is 5.49. The van der Waals surface area contributed by atoms with E-state index in [2.05, 4.69) is 28.6 Å². The van der Waals surface area contributed by atoms with Gasteiger partial charge in [-0.15, -0.1) is 0 Å². The van der Waals surface area contributed by atoms with Crippen LogP contribution in [0, 0.1) is 6.92 Å². The van der Waals surface area contributed by atoms with E-state index in [0.717, 1.165) is 33.6 Å². The van der Waals surface area contributed by atoms with Crippen LogP contribution in [-0.4, -0.2) is 10.9 Å². The number of anilines is 3. The number of carbonyl (C=O) groups is 1.